The standard InChI is InChI=1S/C18H12ClF3N6O3/c1-30-17-13(19)14(24-7-25-17)16(29)23-6-9-5-12(28-31-9)15-26-10-3-2-8(18(20,21)22)4-11(10)27-15/h2-5,7H,6H2,1H3,(H,23,29)(H,26,27). The van der Waals surface area contributed by atoms with Crippen molar-refractivity contribution < 1.29 is 27.2 Å². The fourth-order valence-electron chi connectivity index (χ4n) is 2.72. The van der Waals surface area contributed by atoms with Gasteiger partial charge in [0.15, 0.2) is 17.3 Å². The van der Waals surface area contributed by atoms with Crippen molar-refractivity contribution in [3.05, 3.63) is 52.6 Å². The molecule has 4 rings (SSSR count). The van der Waals surface area contributed by atoms with Crippen LogP contribution in [0.5, 0.6) is 5.88 Å². The second-order valence-electron chi connectivity index (χ2n) is 6.22. The van der Waals surface area contributed by atoms with Gasteiger partial charge in [-0.05, 0) is 18.2 Å². The van der Waals surface area contributed by atoms with Gasteiger partial charge < -0.3 is 19.6 Å². The normalized spacial score (nSPS) is 11.6. The molecule has 13 heteroatoms. The van der Waals surface area contributed by atoms with Gasteiger partial charge in [0, 0.05) is 6.07 Å². The first-order valence-corrected chi connectivity index (χ1v) is 8.99. The number of hydrogen-bond donors (Lipinski definition) is 2. The quantitative estimate of drug-likeness (QED) is 0.474. The highest BCUT2D eigenvalue weighted by molar-refractivity contribution is 6.34. The molecular formula is C18H12ClF3N6O3. The van der Waals surface area contributed by atoms with Crippen molar-refractivity contribution in [2.75, 3.05) is 7.11 Å². The second-order valence-corrected chi connectivity index (χ2v) is 6.60. The Hall–Kier alpha value is -3.67. The maximum atomic E-state index is 12.9. The van der Waals surface area contributed by atoms with Gasteiger partial charge in [-0.3, -0.25) is 4.79 Å². The lowest BCUT2D eigenvalue weighted by atomic mass is 10.2. The van der Waals surface area contributed by atoms with Crippen LogP contribution in [0.4, 0.5) is 13.2 Å². The maximum Gasteiger partial charge on any atom is 0.416 e. The number of nitrogens with zero attached hydrogens (tertiary/aromatic N) is 4. The van der Waals surface area contributed by atoms with Gasteiger partial charge in [-0.2, -0.15) is 13.2 Å². The van der Waals surface area contributed by atoms with Crippen LogP contribution in [0.1, 0.15) is 21.8 Å². The Bertz CT molecular complexity index is 1270. The lowest BCUT2D eigenvalue weighted by molar-refractivity contribution is -0.137. The highest BCUT2D eigenvalue weighted by Crippen LogP contribution is 2.31. The maximum absolute atomic E-state index is 12.9. The molecule has 31 heavy (non-hydrogen) atoms. The molecule has 0 radical (unpaired) electrons. The van der Waals surface area contributed by atoms with E-state index in [9.17, 15) is 18.0 Å². The number of aromatic nitrogens is 5. The Balaban J connectivity index is 1.49. The van der Waals surface area contributed by atoms with Gasteiger partial charge in [0.1, 0.15) is 17.0 Å². The number of amides is 1. The summed E-state index contributed by atoms with van der Waals surface area (Å²) in [5, 5.41) is 6.36. The molecule has 0 saturated carbocycles. The predicted octanol–water partition coefficient (Wildman–Crippen LogP) is 3.62. The third-order valence-corrected chi connectivity index (χ3v) is 4.54. The fourth-order valence-corrected chi connectivity index (χ4v) is 2.98. The number of benzene rings is 1. The molecule has 0 aliphatic heterocycles. The molecule has 160 valence electrons. The molecule has 0 fully saturated rings. The van der Waals surface area contributed by atoms with Crippen LogP contribution >= 0.6 is 11.6 Å². The Kier molecular flexibility index (Phi) is 5.23. The molecule has 0 spiro atoms. The molecule has 9 nitrogen and oxygen atoms in total. The summed E-state index contributed by atoms with van der Waals surface area (Å²) in [6.45, 7) is -0.0487. The number of halogens is 4. The first kappa shape index (κ1) is 20.6. The number of ether oxygens (including phenoxy) is 1. The van der Waals surface area contributed by atoms with Gasteiger partial charge in [-0.1, -0.05) is 16.8 Å². The van der Waals surface area contributed by atoms with Crippen LogP contribution < -0.4 is 10.1 Å². The van der Waals surface area contributed by atoms with Crippen LogP contribution in [-0.4, -0.2) is 38.1 Å². The molecule has 2 N–H and O–H groups in total. The van der Waals surface area contributed by atoms with E-state index >= 15 is 0 Å². The summed E-state index contributed by atoms with van der Waals surface area (Å²) in [5.41, 5.74) is -0.0660. The highest BCUT2D eigenvalue weighted by atomic mass is 35.5. The summed E-state index contributed by atoms with van der Waals surface area (Å²) >= 11 is 6.02. The largest absolute Gasteiger partial charge is 0.480 e. The van der Waals surface area contributed by atoms with E-state index in [-0.39, 0.29) is 45.9 Å². The van der Waals surface area contributed by atoms with Crippen LogP contribution in [0.15, 0.2) is 35.1 Å². The van der Waals surface area contributed by atoms with Gasteiger partial charge in [0.25, 0.3) is 5.91 Å². The molecule has 0 bridgehead atoms. The topological polar surface area (TPSA) is 119 Å². The lowest BCUT2D eigenvalue weighted by Crippen LogP contribution is -2.24. The number of carbonyl (C=O) groups excluding carboxylic acids is 1. The molecule has 0 aliphatic carbocycles. The summed E-state index contributed by atoms with van der Waals surface area (Å²) in [6.07, 6.45) is -3.33. The number of aromatic amines is 1. The number of fused-ring (bicyclic) bond motifs is 1. The highest BCUT2D eigenvalue weighted by Gasteiger charge is 2.30. The Morgan fingerprint density at radius 3 is 2.84 bits per heavy atom. The average molecular weight is 453 g/mol. The van der Waals surface area contributed by atoms with Crippen molar-refractivity contribution in [1.29, 1.82) is 0 Å². The molecule has 3 aromatic heterocycles. The number of rotatable bonds is 5. The molecule has 3 heterocycles. The van der Waals surface area contributed by atoms with Crippen LogP contribution in [-0.2, 0) is 12.7 Å². The summed E-state index contributed by atoms with van der Waals surface area (Å²) in [5.74, 6) is -0.0365. The Morgan fingerprint density at radius 2 is 2.10 bits per heavy atom. The predicted molar refractivity (Wildman–Crippen MR) is 101 cm³/mol. The van der Waals surface area contributed by atoms with Crippen molar-refractivity contribution in [3.63, 3.8) is 0 Å². The molecule has 0 saturated heterocycles. The number of H-pyrrole nitrogens is 1. The van der Waals surface area contributed by atoms with E-state index in [0.717, 1.165) is 18.5 Å². The van der Waals surface area contributed by atoms with Crippen molar-refractivity contribution >= 4 is 28.5 Å². The number of hydrogen-bond acceptors (Lipinski definition) is 7. The minimum absolute atomic E-state index is 0.0405. The second kappa shape index (κ2) is 7.87. The molecule has 4 aromatic rings. The van der Waals surface area contributed by atoms with E-state index in [2.05, 4.69) is 30.4 Å². The third kappa shape index (κ3) is 4.14. The monoisotopic (exact) mass is 452 g/mol. The number of methoxy groups -OCH3 is 1. The van der Waals surface area contributed by atoms with Crippen molar-refractivity contribution in [3.8, 4) is 17.4 Å². The van der Waals surface area contributed by atoms with Gasteiger partial charge in [0.05, 0.1) is 30.3 Å². The number of carbonyl (C=O) groups is 1. The van der Waals surface area contributed by atoms with E-state index in [4.69, 9.17) is 20.9 Å². The fraction of sp³-hybridized carbons (Fsp3) is 0.167. The van der Waals surface area contributed by atoms with E-state index in [1.54, 1.807) is 0 Å². The third-order valence-electron chi connectivity index (χ3n) is 4.20. The average Bonchev–Trinajstić information content (AvgIpc) is 3.37. The minimum atomic E-state index is -4.46. The molecule has 0 unspecified atom stereocenters. The van der Waals surface area contributed by atoms with Gasteiger partial charge in [0.2, 0.25) is 5.88 Å². The van der Waals surface area contributed by atoms with Crippen LogP contribution in [0.2, 0.25) is 5.02 Å². The zero-order valence-corrected chi connectivity index (χ0v) is 16.4. The first-order chi connectivity index (χ1) is 14.8. The molecule has 0 atom stereocenters. The zero-order valence-electron chi connectivity index (χ0n) is 15.6. The van der Waals surface area contributed by atoms with Crippen LogP contribution in [0, 0.1) is 0 Å². The smallest absolute Gasteiger partial charge is 0.416 e. The first-order valence-electron chi connectivity index (χ1n) is 8.62. The molecular weight excluding hydrogens is 441 g/mol. The Morgan fingerprint density at radius 1 is 1.29 bits per heavy atom. The van der Waals surface area contributed by atoms with E-state index in [1.165, 1.54) is 19.2 Å². The Labute approximate surface area is 176 Å². The van der Waals surface area contributed by atoms with Gasteiger partial charge in [-0.25, -0.2) is 15.0 Å². The van der Waals surface area contributed by atoms with E-state index < -0.39 is 17.6 Å². The minimum Gasteiger partial charge on any atom is -0.480 e. The SMILES string of the molecule is COc1ncnc(C(=O)NCc2cc(-c3nc4ccc(C(F)(F)F)cc4[nH]3)no2)c1Cl. The molecule has 0 aliphatic rings. The summed E-state index contributed by atoms with van der Waals surface area (Å²) in [6, 6.07) is 4.67. The van der Waals surface area contributed by atoms with E-state index in [0.29, 0.717) is 5.52 Å². The molecule has 1 amide bonds. The lowest BCUT2D eigenvalue weighted by Gasteiger charge is -2.06. The summed E-state index contributed by atoms with van der Waals surface area (Å²) in [4.78, 5) is 26.9. The number of nitrogens with one attached hydrogen (secondary N) is 2. The molecule has 1 aromatic carbocycles. The van der Waals surface area contributed by atoms with Crippen molar-refractivity contribution in [2.45, 2.75) is 12.7 Å². The van der Waals surface area contributed by atoms with Crippen LogP contribution in [0.25, 0.3) is 22.6 Å². The summed E-state index contributed by atoms with van der Waals surface area (Å²) < 4.78 is 48.7. The number of alkyl halides is 3. The van der Waals surface area contributed by atoms with Gasteiger partial charge in [-0.15, -0.1) is 0 Å². The van der Waals surface area contributed by atoms with Crippen molar-refractivity contribution in [1.82, 2.24) is 30.4 Å². The zero-order chi connectivity index (χ0) is 22.2. The van der Waals surface area contributed by atoms with E-state index in [1.807, 2.05) is 0 Å². The van der Waals surface area contributed by atoms with Gasteiger partial charge >= 0.3 is 6.18 Å². The number of imidazole rings is 1. The summed E-state index contributed by atoms with van der Waals surface area (Å²) in [7, 11) is 1.36. The van der Waals surface area contributed by atoms with Crippen molar-refractivity contribution in [2.24, 2.45) is 0 Å². The van der Waals surface area contributed by atoms with Crippen LogP contribution in [0.3, 0.4) is 0 Å².